The molecule has 0 radical (unpaired) electrons. The molecule has 1 aromatic heterocycles. The van der Waals surface area contributed by atoms with Crippen LogP contribution in [0.25, 0.3) is 22.4 Å². The summed E-state index contributed by atoms with van der Waals surface area (Å²) in [5.74, 6) is -1.56. The number of nitrogens with zero attached hydrogens (tertiary/aromatic N) is 2. The van der Waals surface area contributed by atoms with E-state index in [4.69, 9.17) is 4.98 Å². The minimum atomic E-state index is -1.28. The highest BCUT2D eigenvalue weighted by molar-refractivity contribution is 8.00. The molecule has 0 aliphatic carbocycles. The van der Waals surface area contributed by atoms with Crippen molar-refractivity contribution in [2.45, 2.75) is 11.9 Å². The Hall–Kier alpha value is -4.41. The lowest BCUT2D eigenvalue weighted by molar-refractivity contribution is -0.255. The molecule has 0 aliphatic rings. The van der Waals surface area contributed by atoms with E-state index in [2.05, 4.69) is 11.4 Å². The van der Waals surface area contributed by atoms with Gasteiger partial charge in [-0.25, -0.2) is 4.98 Å². The quantitative estimate of drug-likeness (QED) is 0.386. The van der Waals surface area contributed by atoms with E-state index in [9.17, 15) is 20.0 Å². The van der Waals surface area contributed by atoms with Crippen LogP contribution in [0, 0.1) is 18.3 Å². The monoisotopic (exact) mass is 478 g/mol. The van der Waals surface area contributed by atoms with E-state index in [0.29, 0.717) is 22.0 Å². The Morgan fingerprint density at radius 2 is 1.66 bits per heavy atom. The lowest BCUT2D eigenvalue weighted by atomic mass is 9.99. The van der Waals surface area contributed by atoms with Gasteiger partial charge in [0.2, 0.25) is 5.91 Å². The number of rotatable bonds is 7. The van der Waals surface area contributed by atoms with Crippen LogP contribution in [-0.4, -0.2) is 22.6 Å². The summed E-state index contributed by atoms with van der Waals surface area (Å²) in [6, 6.07) is 27.5. The largest absolute Gasteiger partial charge is 0.545 e. The molecule has 0 spiro atoms. The summed E-state index contributed by atoms with van der Waals surface area (Å²) in [5, 5.41) is 24.1. The van der Waals surface area contributed by atoms with Gasteiger partial charge in [-0.2, -0.15) is 5.26 Å². The minimum absolute atomic E-state index is 0.0233. The van der Waals surface area contributed by atoms with E-state index in [1.54, 1.807) is 0 Å². The highest BCUT2D eigenvalue weighted by Crippen LogP contribution is 2.34. The lowest BCUT2D eigenvalue weighted by Crippen LogP contribution is -2.22. The summed E-state index contributed by atoms with van der Waals surface area (Å²) >= 11 is 1.18. The van der Waals surface area contributed by atoms with Crippen molar-refractivity contribution in [3.05, 3.63) is 102 Å². The predicted molar refractivity (Wildman–Crippen MR) is 135 cm³/mol. The van der Waals surface area contributed by atoms with E-state index in [0.717, 1.165) is 22.3 Å². The number of pyridine rings is 1. The van der Waals surface area contributed by atoms with Gasteiger partial charge in [0.15, 0.2) is 0 Å². The normalized spacial score (nSPS) is 10.4. The standard InChI is InChI=1S/C28H21N3O3S/c1-18-7-9-20(10-8-18)25-15-23(19-5-3-2-4-6-19)24(16-29)27(31-25)35-17-26(32)30-22-13-11-21(12-14-22)28(33)34/h2-15H,17H2,1H3,(H,30,32)(H,33,34)/p-1. The molecular weight excluding hydrogens is 458 g/mol. The van der Waals surface area contributed by atoms with Crippen LogP contribution >= 0.6 is 11.8 Å². The number of carbonyl (C=O) groups excluding carboxylic acids is 2. The first-order chi connectivity index (χ1) is 16.9. The fourth-order valence-electron chi connectivity index (χ4n) is 3.47. The summed E-state index contributed by atoms with van der Waals surface area (Å²) < 4.78 is 0. The van der Waals surface area contributed by atoms with E-state index >= 15 is 0 Å². The van der Waals surface area contributed by atoms with Crippen LogP contribution in [0.2, 0.25) is 0 Å². The van der Waals surface area contributed by atoms with E-state index in [1.165, 1.54) is 36.0 Å². The molecule has 1 heterocycles. The highest BCUT2D eigenvalue weighted by atomic mass is 32.2. The number of nitriles is 1. The number of carboxylic acids is 1. The maximum atomic E-state index is 12.6. The number of thioether (sulfide) groups is 1. The van der Waals surface area contributed by atoms with Gasteiger partial charge in [0.1, 0.15) is 11.1 Å². The van der Waals surface area contributed by atoms with E-state index in [-0.39, 0.29) is 17.2 Å². The topological polar surface area (TPSA) is 106 Å². The van der Waals surface area contributed by atoms with Crippen molar-refractivity contribution >= 4 is 29.3 Å². The number of benzene rings is 3. The molecule has 0 aliphatic heterocycles. The first kappa shape index (κ1) is 23.7. The molecule has 1 amide bonds. The van der Waals surface area contributed by atoms with Gasteiger partial charge in [-0.05, 0) is 36.2 Å². The van der Waals surface area contributed by atoms with Gasteiger partial charge in [-0.15, -0.1) is 0 Å². The van der Waals surface area contributed by atoms with Crippen molar-refractivity contribution in [3.63, 3.8) is 0 Å². The van der Waals surface area contributed by atoms with Crippen LogP contribution in [0.15, 0.2) is 90.0 Å². The van der Waals surface area contributed by atoms with Crippen LogP contribution in [-0.2, 0) is 4.79 Å². The minimum Gasteiger partial charge on any atom is -0.545 e. The molecular formula is C28H20N3O3S-. The Morgan fingerprint density at radius 1 is 0.971 bits per heavy atom. The Balaban J connectivity index is 1.63. The van der Waals surface area contributed by atoms with Crippen LogP contribution in [0.5, 0.6) is 0 Å². The summed E-state index contributed by atoms with van der Waals surface area (Å²) in [6.45, 7) is 2.01. The average molecular weight is 479 g/mol. The van der Waals surface area contributed by atoms with Gasteiger partial charge in [0.25, 0.3) is 0 Å². The fraction of sp³-hybridized carbons (Fsp3) is 0.0714. The number of aromatic nitrogens is 1. The molecule has 3 aromatic carbocycles. The molecule has 4 aromatic rings. The third kappa shape index (κ3) is 5.75. The number of anilines is 1. The molecule has 0 bridgehead atoms. The van der Waals surface area contributed by atoms with Crippen molar-refractivity contribution in [3.8, 4) is 28.5 Å². The number of carboxylic acid groups (broad SMARTS) is 1. The first-order valence-electron chi connectivity index (χ1n) is 10.8. The fourth-order valence-corrected chi connectivity index (χ4v) is 4.28. The Bertz CT molecular complexity index is 1410. The summed E-state index contributed by atoms with van der Waals surface area (Å²) in [4.78, 5) is 28.2. The van der Waals surface area contributed by atoms with E-state index in [1.807, 2.05) is 67.6 Å². The van der Waals surface area contributed by atoms with Gasteiger partial charge in [0.05, 0.1) is 23.0 Å². The lowest BCUT2D eigenvalue weighted by Gasteiger charge is -2.13. The van der Waals surface area contributed by atoms with Crippen LogP contribution in [0.4, 0.5) is 5.69 Å². The number of hydrogen-bond donors (Lipinski definition) is 1. The van der Waals surface area contributed by atoms with Gasteiger partial charge < -0.3 is 15.2 Å². The Morgan fingerprint density at radius 3 is 2.29 bits per heavy atom. The molecule has 0 unspecified atom stereocenters. The van der Waals surface area contributed by atoms with Crippen molar-refractivity contribution in [1.82, 2.24) is 4.98 Å². The summed E-state index contributed by atoms with van der Waals surface area (Å²) in [7, 11) is 0. The van der Waals surface area contributed by atoms with Gasteiger partial charge in [-0.1, -0.05) is 84.1 Å². The number of hydrogen-bond acceptors (Lipinski definition) is 6. The zero-order valence-corrected chi connectivity index (χ0v) is 19.6. The van der Waals surface area contributed by atoms with Gasteiger partial charge in [-0.3, -0.25) is 4.79 Å². The van der Waals surface area contributed by atoms with Crippen molar-refractivity contribution < 1.29 is 14.7 Å². The molecule has 172 valence electrons. The Labute approximate surface area is 207 Å². The maximum absolute atomic E-state index is 12.6. The molecule has 1 N–H and O–H groups in total. The number of nitrogens with one attached hydrogen (secondary N) is 1. The molecule has 35 heavy (non-hydrogen) atoms. The van der Waals surface area contributed by atoms with Crippen molar-refractivity contribution in [2.75, 3.05) is 11.1 Å². The number of aryl methyl sites for hydroxylation is 1. The first-order valence-corrected chi connectivity index (χ1v) is 11.7. The Kier molecular flexibility index (Phi) is 7.24. The van der Waals surface area contributed by atoms with Crippen LogP contribution in [0.1, 0.15) is 21.5 Å². The summed E-state index contributed by atoms with van der Waals surface area (Å²) in [5.41, 5.74) is 5.29. The third-order valence-corrected chi connectivity index (χ3v) is 6.25. The second-order valence-electron chi connectivity index (χ2n) is 7.78. The molecule has 4 rings (SSSR count). The van der Waals surface area contributed by atoms with Crippen molar-refractivity contribution in [1.29, 1.82) is 5.26 Å². The highest BCUT2D eigenvalue weighted by Gasteiger charge is 2.17. The zero-order chi connectivity index (χ0) is 24.8. The smallest absolute Gasteiger partial charge is 0.234 e. The van der Waals surface area contributed by atoms with E-state index < -0.39 is 5.97 Å². The maximum Gasteiger partial charge on any atom is 0.234 e. The van der Waals surface area contributed by atoms with Gasteiger partial charge >= 0.3 is 0 Å². The molecule has 0 fully saturated rings. The van der Waals surface area contributed by atoms with Crippen molar-refractivity contribution in [2.24, 2.45) is 0 Å². The molecule has 0 atom stereocenters. The van der Waals surface area contributed by atoms with Crippen LogP contribution < -0.4 is 10.4 Å². The summed E-state index contributed by atoms with van der Waals surface area (Å²) in [6.07, 6.45) is 0. The average Bonchev–Trinajstić information content (AvgIpc) is 2.88. The van der Waals surface area contributed by atoms with Gasteiger partial charge in [0, 0.05) is 16.8 Å². The molecule has 6 nitrogen and oxygen atoms in total. The number of aromatic carboxylic acids is 1. The van der Waals surface area contributed by atoms with Crippen LogP contribution in [0.3, 0.4) is 0 Å². The zero-order valence-electron chi connectivity index (χ0n) is 18.8. The SMILES string of the molecule is Cc1ccc(-c2cc(-c3ccccc3)c(C#N)c(SCC(=O)Nc3ccc(C(=O)[O-])cc3)n2)cc1. The molecule has 7 heteroatoms. The second kappa shape index (κ2) is 10.7. The third-order valence-electron chi connectivity index (χ3n) is 5.27. The number of amides is 1. The molecule has 0 saturated heterocycles. The second-order valence-corrected chi connectivity index (χ2v) is 8.74. The number of carbonyl (C=O) groups is 2. The molecule has 0 saturated carbocycles. The predicted octanol–water partition coefficient (Wildman–Crippen LogP) is 4.69.